The van der Waals surface area contributed by atoms with Gasteiger partial charge in [-0.3, -0.25) is 0 Å². The fraction of sp³-hybridized carbons (Fsp3) is 0.455. The van der Waals surface area contributed by atoms with Crippen molar-refractivity contribution in [3.63, 3.8) is 0 Å². The standard InChI is InChI=1S/C11H16BrNO/c1-8(2)10-5-9(3-4-14-13)6-11(12)7-10/h5-8H,3-4,13H2,1-2H3. The van der Waals surface area contributed by atoms with E-state index in [1.54, 1.807) is 0 Å². The molecule has 0 atom stereocenters. The minimum absolute atomic E-state index is 0.546. The Morgan fingerprint density at radius 1 is 1.36 bits per heavy atom. The first-order chi connectivity index (χ1) is 6.63. The number of nitrogens with two attached hydrogens (primary N) is 1. The minimum Gasteiger partial charge on any atom is -0.304 e. The molecule has 0 bridgehead atoms. The Morgan fingerprint density at radius 3 is 2.64 bits per heavy atom. The van der Waals surface area contributed by atoms with Crippen LogP contribution in [0.15, 0.2) is 22.7 Å². The van der Waals surface area contributed by atoms with E-state index >= 15 is 0 Å². The van der Waals surface area contributed by atoms with Gasteiger partial charge in [0, 0.05) is 4.47 Å². The zero-order valence-corrected chi connectivity index (χ0v) is 10.2. The Kier molecular flexibility index (Phi) is 4.58. The van der Waals surface area contributed by atoms with Crippen LogP contribution in [-0.4, -0.2) is 6.61 Å². The normalized spacial score (nSPS) is 10.9. The molecule has 0 unspecified atom stereocenters. The SMILES string of the molecule is CC(C)c1cc(Br)cc(CCON)c1. The maximum atomic E-state index is 5.00. The lowest BCUT2D eigenvalue weighted by Gasteiger charge is -2.09. The van der Waals surface area contributed by atoms with E-state index < -0.39 is 0 Å². The second kappa shape index (κ2) is 5.49. The van der Waals surface area contributed by atoms with Crippen LogP contribution in [0.3, 0.4) is 0 Å². The van der Waals surface area contributed by atoms with E-state index in [9.17, 15) is 0 Å². The van der Waals surface area contributed by atoms with E-state index in [-0.39, 0.29) is 0 Å². The molecule has 0 radical (unpaired) electrons. The summed E-state index contributed by atoms with van der Waals surface area (Å²) in [6.45, 7) is 4.93. The van der Waals surface area contributed by atoms with Crippen LogP contribution in [0.25, 0.3) is 0 Å². The molecule has 0 aliphatic carbocycles. The third-order valence-corrected chi connectivity index (χ3v) is 2.61. The van der Waals surface area contributed by atoms with Crippen LogP contribution in [0, 0.1) is 0 Å². The Morgan fingerprint density at radius 2 is 2.07 bits per heavy atom. The molecule has 0 saturated heterocycles. The number of rotatable bonds is 4. The molecule has 0 aliphatic heterocycles. The topological polar surface area (TPSA) is 35.2 Å². The molecule has 14 heavy (non-hydrogen) atoms. The highest BCUT2D eigenvalue weighted by Gasteiger charge is 2.03. The van der Waals surface area contributed by atoms with Crippen molar-refractivity contribution in [2.24, 2.45) is 5.90 Å². The second-order valence-electron chi connectivity index (χ2n) is 3.67. The largest absolute Gasteiger partial charge is 0.304 e. The number of hydrogen-bond acceptors (Lipinski definition) is 2. The van der Waals surface area contributed by atoms with Crippen LogP contribution in [0.4, 0.5) is 0 Å². The first-order valence-corrected chi connectivity index (χ1v) is 5.54. The fourth-order valence-corrected chi connectivity index (χ4v) is 1.89. The van der Waals surface area contributed by atoms with Gasteiger partial charge in [0.1, 0.15) is 0 Å². The maximum Gasteiger partial charge on any atom is 0.0719 e. The van der Waals surface area contributed by atoms with E-state index in [1.165, 1.54) is 11.1 Å². The molecule has 1 aromatic rings. The molecule has 1 rings (SSSR count). The first kappa shape index (κ1) is 11.7. The van der Waals surface area contributed by atoms with Crippen molar-refractivity contribution in [2.75, 3.05) is 6.61 Å². The molecule has 0 amide bonds. The lowest BCUT2D eigenvalue weighted by molar-refractivity contribution is 0.141. The summed E-state index contributed by atoms with van der Waals surface area (Å²) in [5, 5.41) is 0. The smallest absolute Gasteiger partial charge is 0.0719 e. The summed E-state index contributed by atoms with van der Waals surface area (Å²) in [5.41, 5.74) is 2.60. The van der Waals surface area contributed by atoms with E-state index in [0.29, 0.717) is 12.5 Å². The highest BCUT2D eigenvalue weighted by molar-refractivity contribution is 9.10. The summed E-state index contributed by atoms with van der Waals surface area (Å²) < 4.78 is 1.12. The average molecular weight is 258 g/mol. The fourth-order valence-electron chi connectivity index (χ4n) is 1.33. The Labute approximate surface area is 93.5 Å². The van der Waals surface area contributed by atoms with Gasteiger partial charge in [0.05, 0.1) is 6.61 Å². The molecule has 0 aromatic heterocycles. The van der Waals surface area contributed by atoms with Crippen LogP contribution >= 0.6 is 15.9 Å². The number of hydrogen-bond donors (Lipinski definition) is 1. The summed E-state index contributed by atoms with van der Waals surface area (Å²) in [7, 11) is 0. The van der Waals surface area contributed by atoms with Crippen molar-refractivity contribution in [3.8, 4) is 0 Å². The molecule has 0 saturated carbocycles. The highest BCUT2D eigenvalue weighted by Crippen LogP contribution is 2.22. The zero-order valence-electron chi connectivity index (χ0n) is 8.59. The third kappa shape index (κ3) is 3.40. The van der Waals surface area contributed by atoms with Gasteiger partial charge in [-0.25, -0.2) is 5.90 Å². The number of halogens is 1. The summed E-state index contributed by atoms with van der Waals surface area (Å²) in [4.78, 5) is 4.57. The van der Waals surface area contributed by atoms with Gasteiger partial charge in [-0.15, -0.1) is 0 Å². The van der Waals surface area contributed by atoms with E-state index in [1.807, 2.05) is 0 Å². The monoisotopic (exact) mass is 257 g/mol. The van der Waals surface area contributed by atoms with Gasteiger partial charge in [0.2, 0.25) is 0 Å². The first-order valence-electron chi connectivity index (χ1n) is 4.74. The molecule has 1 aromatic carbocycles. The molecule has 0 aliphatic rings. The van der Waals surface area contributed by atoms with E-state index in [2.05, 4.69) is 52.8 Å². The quantitative estimate of drug-likeness (QED) is 0.842. The zero-order chi connectivity index (χ0) is 10.6. The summed E-state index contributed by atoms with van der Waals surface area (Å²) in [5.74, 6) is 5.55. The van der Waals surface area contributed by atoms with Crippen molar-refractivity contribution in [1.82, 2.24) is 0 Å². The van der Waals surface area contributed by atoms with E-state index in [0.717, 1.165) is 10.9 Å². The summed E-state index contributed by atoms with van der Waals surface area (Å²) >= 11 is 3.50. The molecule has 3 heteroatoms. The van der Waals surface area contributed by atoms with Crippen LogP contribution < -0.4 is 5.90 Å². The Bertz CT molecular complexity index is 299. The summed E-state index contributed by atoms with van der Waals surface area (Å²) in [6, 6.07) is 6.46. The predicted octanol–water partition coefficient (Wildman–Crippen LogP) is 3.01. The minimum atomic E-state index is 0.546. The molecule has 2 nitrogen and oxygen atoms in total. The van der Waals surface area contributed by atoms with Crippen LogP contribution in [0.5, 0.6) is 0 Å². The van der Waals surface area contributed by atoms with E-state index in [4.69, 9.17) is 5.90 Å². The molecular weight excluding hydrogens is 242 g/mol. The van der Waals surface area contributed by atoms with Crippen molar-refractivity contribution < 1.29 is 4.84 Å². The maximum absolute atomic E-state index is 5.00. The molecule has 0 fully saturated rings. The van der Waals surface area contributed by atoms with Gasteiger partial charge in [0.25, 0.3) is 0 Å². The van der Waals surface area contributed by atoms with Crippen LogP contribution in [-0.2, 0) is 11.3 Å². The van der Waals surface area contributed by atoms with Crippen LogP contribution in [0.2, 0.25) is 0 Å². The van der Waals surface area contributed by atoms with Gasteiger partial charge in [-0.05, 0) is 35.6 Å². The second-order valence-corrected chi connectivity index (χ2v) is 4.58. The predicted molar refractivity (Wildman–Crippen MR) is 62.1 cm³/mol. The molecule has 2 N–H and O–H groups in total. The summed E-state index contributed by atoms with van der Waals surface area (Å²) in [6.07, 6.45) is 0.857. The Balaban J connectivity index is 2.84. The molecular formula is C11H16BrNO. The molecule has 0 spiro atoms. The lowest BCUT2D eigenvalue weighted by Crippen LogP contribution is -2.04. The van der Waals surface area contributed by atoms with Gasteiger partial charge < -0.3 is 4.84 Å². The Hall–Kier alpha value is -0.380. The highest BCUT2D eigenvalue weighted by atomic mass is 79.9. The molecule has 0 heterocycles. The lowest BCUT2D eigenvalue weighted by atomic mass is 10.00. The number of benzene rings is 1. The third-order valence-electron chi connectivity index (χ3n) is 2.16. The van der Waals surface area contributed by atoms with Crippen molar-refractivity contribution in [2.45, 2.75) is 26.2 Å². The van der Waals surface area contributed by atoms with Gasteiger partial charge in [0.15, 0.2) is 0 Å². The van der Waals surface area contributed by atoms with Crippen molar-refractivity contribution in [1.29, 1.82) is 0 Å². The van der Waals surface area contributed by atoms with Gasteiger partial charge >= 0.3 is 0 Å². The van der Waals surface area contributed by atoms with Crippen molar-refractivity contribution in [3.05, 3.63) is 33.8 Å². The average Bonchev–Trinajstić information content (AvgIpc) is 2.14. The van der Waals surface area contributed by atoms with Crippen molar-refractivity contribution >= 4 is 15.9 Å². The molecule has 78 valence electrons. The van der Waals surface area contributed by atoms with Gasteiger partial charge in [-0.1, -0.05) is 35.8 Å². The van der Waals surface area contributed by atoms with Crippen LogP contribution in [0.1, 0.15) is 30.9 Å². The van der Waals surface area contributed by atoms with Gasteiger partial charge in [-0.2, -0.15) is 0 Å².